The van der Waals surface area contributed by atoms with Crippen molar-refractivity contribution < 1.29 is 9.21 Å². The van der Waals surface area contributed by atoms with E-state index in [2.05, 4.69) is 33.3 Å². The molecule has 1 saturated heterocycles. The van der Waals surface area contributed by atoms with Crippen LogP contribution in [0.4, 0.5) is 11.7 Å². The monoisotopic (exact) mass is 449 g/mol. The van der Waals surface area contributed by atoms with Crippen molar-refractivity contribution in [3.63, 3.8) is 0 Å². The maximum Gasteiger partial charge on any atom is 0.320 e. The van der Waals surface area contributed by atoms with Gasteiger partial charge in [0, 0.05) is 48.5 Å². The lowest BCUT2D eigenvalue weighted by molar-refractivity contribution is 0.0475. The summed E-state index contributed by atoms with van der Waals surface area (Å²) in [4.78, 5) is 17.2. The third-order valence-electron chi connectivity index (χ3n) is 5.66. The van der Waals surface area contributed by atoms with Gasteiger partial charge in [0.25, 0.3) is 11.8 Å². The van der Waals surface area contributed by atoms with Crippen molar-refractivity contribution in [2.24, 2.45) is 0 Å². The highest BCUT2D eigenvalue weighted by Crippen LogP contribution is 2.29. The number of aromatic nitrogens is 2. The zero-order valence-electron chi connectivity index (χ0n) is 18.0. The average Bonchev–Trinajstić information content (AvgIpc) is 3.25. The van der Waals surface area contributed by atoms with Crippen LogP contribution in [0.15, 0.2) is 46.9 Å². The molecule has 1 aromatic heterocycles. The molecule has 1 aliphatic heterocycles. The van der Waals surface area contributed by atoms with E-state index in [1.807, 2.05) is 54.3 Å². The van der Waals surface area contributed by atoms with Gasteiger partial charge in [-0.3, -0.25) is 9.69 Å². The number of terminal acetylenes is 1. The van der Waals surface area contributed by atoms with Crippen molar-refractivity contribution in [2.45, 2.75) is 26.4 Å². The van der Waals surface area contributed by atoms with Crippen molar-refractivity contribution in [3.8, 4) is 12.3 Å². The summed E-state index contributed by atoms with van der Waals surface area (Å²) in [6.07, 6.45) is 5.29. The van der Waals surface area contributed by atoms with Gasteiger partial charge in [0.1, 0.15) is 0 Å². The highest BCUT2D eigenvalue weighted by Gasteiger charge is 2.28. The summed E-state index contributed by atoms with van der Waals surface area (Å²) in [5.74, 6) is 2.50. The molecule has 164 valence electrons. The average molecular weight is 450 g/mol. The summed E-state index contributed by atoms with van der Waals surface area (Å²) in [6, 6.07) is 13.5. The van der Waals surface area contributed by atoms with Gasteiger partial charge >= 0.3 is 6.01 Å². The van der Waals surface area contributed by atoms with E-state index in [9.17, 15) is 4.79 Å². The number of halogens is 1. The SMILES string of the molecule is C#Cc1nnc(Nc2cc(Cl)cc(CN3CCN(C(=O)c4ccccc4)[C@@H](C)C3)c2C)o1. The molecule has 1 N–H and O–H groups in total. The highest BCUT2D eigenvalue weighted by molar-refractivity contribution is 6.31. The van der Waals surface area contributed by atoms with Gasteiger partial charge in [-0.1, -0.05) is 40.0 Å². The fourth-order valence-electron chi connectivity index (χ4n) is 3.94. The van der Waals surface area contributed by atoms with Crippen molar-refractivity contribution in [1.29, 1.82) is 0 Å². The van der Waals surface area contributed by atoms with Crippen LogP contribution >= 0.6 is 11.6 Å². The Balaban J connectivity index is 1.45. The van der Waals surface area contributed by atoms with E-state index in [0.717, 1.165) is 42.0 Å². The number of nitrogens with zero attached hydrogens (tertiary/aromatic N) is 4. The summed E-state index contributed by atoms with van der Waals surface area (Å²) < 4.78 is 5.35. The maximum atomic E-state index is 12.9. The predicted octanol–water partition coefficient (Wildman–Crippen LogP) is 4.10. The van der Waals surface area contributed by atoms with Crippen LogP contribution in [-0.4, -0.2) is 51.6 Å². The van der Waals surface area contributed by atoms with Crippen LogP contribution in [0.3, 0.4) is 0 Å². The Bertz CT molecular complexity index is 1150. The van der Waals surface area contributed by atoms with Crippen molar-refractivity contribution in [1.82, 2.24) is 20.0 Å². The van der Waals surface area contributed by atoms with Gasteiger partial charge in [0.05, 0.1) is 0 Å². The van der Waals surface area contributed by atoms with E-state index in [4.69, 9.17) is 22.4 Å². The van der Waals surface area contributed by atoms with Crippen LogP contribution in [0.5, 0.6) is 0 Å². The molecule has 0 unspecified atom stereocenters. The standard InChI is InChI=1S/C24H24ClN5O2/c1-4-22-27-28-24(32-22)26-21-13-20(25)12-19(17(21)3)15-29-10-11-30(16(2)14-29)23(31)18-8-6-5-7-9-18/h1,5-9,12-13,16H,10-11,14-15H2,2-3H3,(H,26,28)/t16-/m0/s1. The fourth-order valence-corrected chi connectivity index (χ4v) is 4.18. The Labute approximate surface area is 192 Å². The van der Waals surface area contributed by atoms with Gasteiger partial charge in [0.15, 0.2) is 0 Å². The Morgan fingerprint density at radius 1 is 1.28 bits per heavy atom. The first-order valence-electron chi connectivity index (χ1n) is 10.4. The summed E-state index contributed by atoms with van der Waals surface area (Å²) in [7, 11) is 0. The van der Waals surface area contributed by atoms with Gasteiger partial charge in [-0.2, -0.15) is 0 Å². The Morgan fingerprint density at radius 3 is 2.75 bits per heavy atom. The lowest BCUT2D eigenvalue weighted by atomic mass is 10.0. The molecule has 4 rings (SSSR count). The molecule has 0 saturated carbocycles. The Morgan fingerprint density at radius 2 is 2.06 bits per heavy atom. The molecule has 1 aliphatic rings. The largest absolute Gasteiger partial charge is 0.396 e. The quantitative estimate of drug-likeness (QED) is 0.591. The second kappa shape index (κ2) is 9.43. The van der Waals surface area contributed by atoms with E-state index in [1.54, 1.807) is 0 Å². The van der Waals surface area contributed by atoms with Crippen molar-refractivity contribution >= 4 is 29.2 Å². The van der Waals surface area contributed by atoms with E-state index >= 15 is 0 Å². The second-order valence-corrected chi connectivity index (χ2v) is 8.30. The smallest absolute Gasteiger partial charge is 0.320 e. The lowest BCUT2D eigenvalue weighted by Gasteiger charge is -2.40. The molecular weight excluding hydrogens is 426 g/mol. The zero-order chi connectivity index (χ0) is 22.7. The molecule has 1 fully saturated rings. The van der Waals surface area contributed by atoms with Crippen LogP contribution in [0.1, 0.15) is 34.3 Å². The molecule has 32 heavy (non-hydrogen) atoms. The fraction of sp³-hybridized carbons (Fsp3) is 0.292. The number of hydrogen-bond donors (Lipinski definition) is 1. The molecule has 2 heterocycles. The molecule has 0 radical (unpaired) electrons. The summed E-state index contributed by atoms with van der Waals surface area (Å²) in [5.41, 5.74) is 3.63. The van der Waals surface area contributed by atoms with Crippen molar-refractivity contribution in [2.75, 3.05) is 25.0 Å². The van der Waals surface area contributed by atoms with Crippen LogP contribution < -0.4 is 5.32 Å². The molecular formula is C24H24ClN5O2. The number of anilines is 2. The maximum absolute atomic E-state index is 12.9. The number of rotatable bonds is 5. The number of amides is 1. The van der Waals surface area contributed by atoms with Crippen LogP contribution in [0.25, 0.3) is 0 Å². The molecule has 1 atom stereocenters. The van der Waals surface area contributed by atoms with Gasteiger partial charge in [0.2, 0.25) is 0 Å². The van der Waals surface area contributed by atoms with Gasteiger partial charge < -0.3 is 14.6 Å². The summed E-state index contributed by atoms with van der Waals surface area (Å²) in [6.45, 7) is 7.07. The van der Waals surface area contributed by atoms with Crippen LogP contribution in [0, 0.1) is 19.3 Å². The molecule has 2 aromatic carbocycles. The van der Waals surface area contributed by atoms with Gasteiger partial charge in [-0.15, -0.1) is 6.42 Å². The highest BCUT2D eigenvalue weighted by atomic mass is 35.5. The first kappa shape index (κ1) is 21.9. The van der Waals surface area contributed by atoms with E-state index in [-0.39, 0.29) is 23.9 Å². The Hall–Kier alpha value is -3.34. The third kappa shape index (κ3) is 4.77. The zero-order valence-corrected chi connectivity index (χ0v) is 18.8. The number of carbonyl (C=O) groups is 1. The number of carbonyl (C=O) groups excluding carboxylic acids is 1. The topological polar surface area (TPSA) is 74.5 Å². The molecule has 1 amide bonds. The first-order valence-corrected chi connectivity index (χ1v) is 10.8. The van der Waals surface area contributed by atoms with Gasteiger partial charge in [-0.25, -0.2) is 0 Å². The van der Waals surface area contributed by atoms with E-state index in [0.29, 0.717) is 11.6 Å². The van der Waals surface area contributed by atoms with E-state index < -0.39 is 0 Å². The van der Waals surface area contributed by atoms with Crippen LogP contribution in [-0.2, 0) is 6.54 Å². The molecule has 0 bridgehead atoms. The number of nitrogens with one attached hydrogen (secondary N) is 1. The number of hydrogen-bond acceptors (Lipinski definition) is 6. The number of benzene rings is 2. The normalized spacial score (nSPS) is 16.6. The number of piperazine rings is 1. The summed E-state index contributed by atoms with van der Waals surface area (Å²) >= 11 is 6.39. The Kier molecular flexibility index (Phi) is 6.45. The van der Waals surface area contributed by atoms with Crippen LogP contribution in [0.2, 0.25) is 5.02 Å². The van der Waals surface area contributed by atoms with Crippen molar-refractivity contribution in [3.05, 3.63) is 70.1 Å². The molecule has 3 aromatic rings. The minimum Gasteiger partial charge on any atom is -0.396 e. The molecule has 7 nitrogen and oxygen atoms in total. The molecule has 0 spiro atoms. The third-order valence-corrected chi connectivity index (χ3v) is 5.88. The second-order valence-electron chi connectivity index (χ2n) is 7.87. The lowest BCUT2D eigenvalue weighted by Crippen LogP contribution is -2.53. The first-order chi connectivity index (χ1) is 15.4. The van der Waals surface area contributed by atoms with E-state index in [1.165, 1.54) is 0 Å². The molecule has 0 aliphatic carbocycles. The minimum atomic E-state index is 0.0778. The predicted molar refractivity (Wildman–Crippen MR) is 124 cm³/mol. The summed E-state index contributed by atoms with van der Waals surface area (Å²) in [5, 5.41) is 11.4. The minimum absolute atomic E-state index is 0.0778. The molecule has 8 heteroatoms. The van der Waals surface area contributed by atoms with Gasteiger partial charge in [-0.05, 0) is 55.2 Å².